The van der Waals surface area contributed by atoms with Gasteiger partial charge in [-0.2, -0.15) is 0 Å². The standard InChI is InChI=1S/C13H16ClN3/c1-13(2,3)11-6-4-5-7-12(11)17-10(8-14)9-15-16-17/h4-7,9H,8H2,1-3H3. The van der Waals surface area contributed by atoms with Crippen LogP contribution in [0.4, 0.5) is 0 Å². The van der Waals surface area contributed by atoms with Crippen molar-refractivity contribution in [3.05, 3.63) is 41.7 Å². The summed E-state index contributed by atoms with van der Waals surface area (Å²) < 4.78 is 1.81. The largest absolute Gasteiger partial charge is 0.216 e. The third-order valence-corrected chi connectivity index (χ3v) is 2.97. The molecular weight excluding hydrogens is 234 g/mol. The van der Waals surface area contributed by atoms with Gasteiger partial charge in [0, 0.05) is 0 Å². The summed E-state index contributed by atoms with van der Waals surface area (Å²) in [7, 11) is 0. The zero-order valence-corrected chi connectivity index (χ0v) is 11.1. The van der Waals surface area contributed by atoms with E-state index in [0.29, 0.717) is 5.88 Å². The van der Waals surface area contributed by atoms with Gasteiger partial charge in [-0.1, -0.05) is 44.2 Å². The molecule has 1 aromatic carbocycles. The quantitative estimate of drug-likeness (QED) is 0.765. The highest BCUT2D eigenvalue weighted by atomic mass is 35.5. The Bertz CT molecular complexity index is 511. The minimum Gasteiger partial charge on any atom is -0.216 e. The van der Waals surface area contributed by atoms with E-state index in [1.165, 1.54) is 5.56 Å². The van der Waals surface area contributed by atoms with Crippen LogP contribution in [0.25, 0.3) is 5.69 Å². The van der Waals surface area contributed by atoms with Gasteiger partial charge in [0.05, 0.1) is 23.5 Å². The summed E-state index contributed by atoms with van der Waals surface area (Å²) >= 11 is 5.89. The summed E-state index contributed by atoms with van der Waals surface area (Å²) in [4.78, 5) is 0. The second kappa shape index (κ2) is 4.49. The molecule has 0 saturated carbocycles. The van der Waals surface area contributed by atoms with Gasteiger partial charge in [0.15, 0.2) is 0 Å². The van der Waals surface area contributed by atoms with Crippen LogP contribution in [-0.4, -0.2) is 15.0 Å². The number of halogens is 1. The number of hydrogen-bond donors (Lipinski definition) is 0. The van der Waals surface area contributed by atoms with E-state index in [9.17, 15) is 0 Å². The van der Waals surface area contributed by atoms with Gasteiger partial charge in [0.25, 0.3) is 0 Å². The molecule has 0 spiro atoms. The van der Waals surface area contributed by atoms with Crippen molar-refractivity contribution in [1.82, 2.24) is 15.0 Å². The Hall–Kier alpha value is -1.35. The molecule has 0 bridgehead atoms. The molecule has 0 aliphatic rings. The van der Waals surface area contributed by atoms with Crippen molar-refractivity contribution >= 4 is 11.6 Å². The Morgan fingerprint density at radius 2 is 1.94 bits per heavy atom. The van der Waals surface area contributed by atoms with Crippen LogP contribution in [-0.2, 0) is 11.3 Å². The summed E-state index contributed by atoms with van der Waals surface area (Å²) in [5.74, 6) is 0.408. The molecule has 0 fully saturated rings. The highest BCUT2D eigenvalue weighted by Gasteiger charge is 2.19. The Morgan fingerprint density at radius 3 is 2.59 bits per heavy atom. The second-order valence-corrected chi connectivity index (χ2v) is 5.31. The van der Waals surface area contributed by atoms with Gasteiger partial charge in [-0.3, -0.25) is 0 Å². The molecule has 0 unspecified atom stereocenters. The Morgan fingerprint density at radius 1 is 1.24 bits per heavy atom. The van der Waals surface area contributed by atoms with Crippen molar-refractivity contribution < 1.29 is 0 Å². The molecule has 0 radical (unpaired) electrons. The average Bonchev–Trinajstić information content (AvgIpc) is 2.75. The monoisotopic (exact) mass is 249 g/mol. The van der Waals surface area contributed by atoms with Gasteiger partial charge >= 0.3 is 0 Å². The van der Waals surface area contributed by atoms with Crippen LogP contribution < -0.4 is 0 Å². The molecule has 90 valence electrons. The molecule has 17 heavy (non-hydrogen) atoms. The molecule has 0 saturated heterocycles. The van der Waals surface area contributed by atoms with Gasteiger partial charge in [0.1, 0.15) is 0 Å². The van der Waals surface area contributed by atoms with Crippen LogP contribution in [0, 0.1) is 0 Å². The van der Waals surface area contributed by atoms with Crippen molar-refractivity contribution in [3.8, 4) is 5.69 Å². The van der Waals surface area contributed by atoms with Crippen LogP contribution >= 0.6 is 11.6 Å². The molecule has 0 aliphatic carbocycles. The molecule has 4 heteroatoms. The maximum absolute atomic E-state index is 5.89. The lowest BCUT2D eigenvalue weighted by Crippen LogP contribution is -2.16. The van der Waals surface area contributed by atoms with Crippen LogP contribution in [0.3, 0.4) is 0 Å². The van der Waals surface area contributed by atoms with Gasteiger partial charge in [0.2, 0.25) is 0 Å². The number of aromatic nitrogens is 3. The summed E-state index contributed by atoms with van der Waals surface area (Å²) in [6.07, 6.45) is 1.70. The van der Waals surface area contributed by atoms with E-state index in [1.807, 2.05) is 22.9 Å². The van der Waals surface area contributed by atoms with E-state index in [4.69, 9.17) is 11.6 Å². The molecule has 0 amide bonds. The second-order valence-electron chi connectivity index (χ2n) is 5.04. The molecule has 3 nitrogen and oxygen atoms in total. The fraction of sp³-hybridized carbons (Fsp3) is 0.385. The van der Waals surface area contributed by atoms with E-state index in [0.717, 1.165) is 11.4 Å². The summed E-state index contributed by atoms with van der Waals surface area (Å²) in [5.41, 5.74) is 3.25. The predicted octanol–water partition coefficient (Wildman–Crippen LogP) is 3.30. The first-order valence-electron chi connectivity index (χ1n) is 5.59. The van der Waals surface area contributed by atoms with Crippen LogP contribution in [0.1, 0.15) is 32.0 Å². The van der Waals surface area contributed by atoms with Crippen molar-refractivity contribution in [2.24, 2.45) is 0 Å². The van der Waals surface area contributed by atoms with Crippen LogP contribution in [0.2, 0.25) is 0 Å². The lowest BCUT2D eigenvalue weighted by atomic mass is 9.86. The summed E-state index contributed by atoms with van der Waals surface area (Å²) in [6.45, 7) is 6.55. The van der Waals surface area contributed by atoms with E-state index >= 15 is 0 Å². The van der Waals surface area contributed by atoms with E-state index in [2.05, 4.69) is 37.1 Å². The zero-order valence-electron chi connectivity index (χ0n) is 10.3. The fourth-order valence-electron chi connectivity index (χ4n) is 1.84. The number of alkyl halides is 1. The third-order valence-electron chi connectivity index (χ3n) is 2.70. The molecule has 0 atom stereocenters. The van der Waals surface area contributed by atoms with Crippen molar-refractivity contribution in [1.29, 1.82) is 0 Å². The third kappa shape index (κ3) is 2.34. The first-order chi connectivity index (χ1) is 8.04. The molecule has 2 aromatic rings. The van der Waals surface area contributed by atoms with Crippen LogP contribution in [0.15, 0.2) is 30.5 Å². The average molecular weight is 250 g/mol. The molecule has 0 N–H and O–H groups in total. The Kier molecular flexibility index (Phi) is 3.20. The lowest BCUT2D eigenvalue weighted by molar-refractivity contribution is 0.580. The van der Waals surface area contributed by atoms with Gasteiger partial charge < -0.3 is 0 Å². The van der Waals surface area contributed by atoms with Gasteiger partial charge in [-0.25, -0.2) is 4.68 Å². The fourth-order valence-corrected chi connectivity index (χ4v) is 2.03. The highest BCUT2D eigenvalue weighted by Crippen LogP contribution is 2.28. The molecule has 2 rings (SSSR count). The van der Waals surface area contributed by atoms with Crippen molar-refractivity contribution in [2.75, 3.05) is 0 Å². The molecule has 0 aliphatic heterocycles. The summed E-state index contributed by atoms with van der Waals surface area (Å²) in [6, 6.07) is 8.21. The zero-order chi connectivity index (χ0) is 12.5. The minimum atomic E-state index is 0.0616. The van der Waals surface area contributed by atoms with E-state index in [1.54, 1.807) is 6.20 Å². The lowest BCUT2D eigenvalue weighted by Gasteiger charge is -2.22. The topological polar surface area (TPSA) is 30.7 Å². The highest BCUT2D eigenvalue weighted by molar-refractivity contribution is 6.16. The number of hydrogen-bond acceptors (Lipinski definition) is 2. The number of para-hydroxylation sites is 1. The van der Waals surface area contributed by atoms with Gasteiger partial charge in [-0.15, -0.1) is 16.7 Å². The normalized spacial score (nSPS) is 11.8. The number of nitrogens with zero attached hydrogens (tertiary/aromatic N) is 3. The first-order valence-corrected chi connectivity index (χ1v) is 6.13. The van der Waals surface area contributed by atoms with Crippen molar-refractivity contribution in [3.63, 3.8) is 0 Å². The van der Waals surface area contributed by atoms with E-state index in [-0.39, 0.29) is 5.41 Å². The molecular formula is C13H16ClN3. The molecule has 1 heterocycles. The maximum atomic E-state index is 5.89. The number of benzene rings is 1. The summed E-state index contributed by atoms with van der Waals surface area (Å²) in [5, 5.41) is 8.03. The molecule has 1 aromatic heterocycles. The maximum Gasteiger partial charge on any atom is 0.0793 e. The Labute approximate surface area is 106 Å². The van der Waals surface area contributed by atoms with Crippen molar-refractivity contribution in [2.45, 2.75) is 32.1 Å². The Balaban J connectivity index is 2.60. The number of rotatable bonds is 2. The SMILES string of the molecule is CC(C)(C)c1ccccc1-n1nncc1CCl. The van der Waals surface area contributed by atoms with Gasteiger partial charge in [-0.05, 0) is 17.0 Å². The van der Waals surface area contributed by atoms with Crippen LogP contribution in [0.5, 0.6) is 0 Å². The minimum absolute atomic E-state index is 0.0616. The predicted molar refractivity (Wildman–Crippen MR) is 69.6 cm³/mol. The first kappa shape index (κ1) is 12.1. The van der Waals surface area contributed by atoms with E-state index < -0.39 is 0 Å². The smallest absolute Gasteiger partial charge is 0.0793 e.